The quantitative estimate of drug-likeness (QED) is 0.660. The Morgan fingerprint density at radius 3 is 2.79 bits per heavy atom. The third-order valence-electron chi connectivity index (χ3n) is 2.93. The van der Waals surface area contributed by atoms with Crippen LogP contribution in [0.1, 0.15) is 22.6 Å². The van der Waals surface area contributed by atoms with Crippen molar-refractivity contribution in [1.82, 2.24) is 10.5 Å². The van der Waals surface area contributed by atoms with Crippen molar-refractivity contribution in [1.29, 1.82) is 0 Å². The number of nitro benzene ring substituents is 1. The van der Waals surface area contributed by atoms with Gasteiger partial charge in [-0.15, -0.1) is 0 Å². The largest absolute Gasteiger partial charge is 0.361 e. The number of rotatable bonds is 5. The number of nitrogens with zero attached hydrogens (tertiary/aromatic N) is 2. The first-order valence-electron chi connectivity index (χ1n) is 5.93. The van der Waals surface area contributed by atoms with Crippen LogP contribution in [0.15, 0.2) is 28.8 Å². The summed E-state index contributed by atoms with van der Waals surface area (Å²) in [5.41, 5.74) is 2.88. The molecule has 0 fully saturated rings. The van der Waals surface area contributed by atoms with Crippen molar-refractivity contribution in [2.45, 2.75) is 26.9 Å². The zero-order chi connectivity index (χ0) is 13.8. The maximum Gasteiger partial charge on any atom is 0.269 e. The molecule has 0 bridgehead atoms. The Bertz CT molecular complexity index is 573. The Balaban J connectivity index is 1.96. The number of hydrogen-bond acceptors (Lipinski definition) is 5. The molecular formula is C13H15N3O3. The van der Waals surface area contributed by atoms with Crippen molar-refractivity contribution in [2.24, 2.45) is 0 Å². The summed E-state index contributed by atoms with van der Waals surface area (Å²) < 4.78 is 5.07. The molecule has 0 saturated heterocycles. The highest BCUT2D eigenvalue weighted by Crippen LogP contribution is 2.14. The van der Waals surface area contributed by atoms with Gasteiger partial charge in [0.25, 0.3) is 5.69 Å². The van der Waals surface area contributed by atoms with E-state index in [1.807, 2.05) is 19.9 Å². The highest BCUT2D eigenvalue weighted by atomic mass is 16.6. The summed E-state index contributed by atoms with van der Waals surface area (Å²) in [6, 6.07) is 6.59. The average molecular weight is 261 g/mol. The number of benzene rings is 1. The molecule has 0 unspecified atom stereocenters. The third-order valence-corrected chi connectivity index (χ3v) is 2.93. The predicted octanol–water partition coefficient (Wildman–Crippen LogP) is 2.49. The van der Waals surface area contributed by atoms with E-state index < -0.39 is 4.92 Å². The van der Waals surface area contributed by atoms with Crippen LogP contribution in [-0.2, 0) is 13.1 Å². The average Bonchev–Trinajstić information content (AvgIpc) is 2.71. The van der Waals surface area contributed by atoms with E-state index in [1.165, 1.54) is 6.07 Å². The van der Waals surface area contributed by atoms with E-state index in [2.05, 4.69) is 10.5 Å². The molecule has 1 heterocycles. The first-order valence-corrected chi connectivity index (χ1v) is 5.93. The predicted molar refractivity (Wildman–Crippen MR) is 69.6 cm³/mol. The normalized spacial score (nSPS) is 10.6. The SMILES string of the molecule is Cc1noc(C)c1CNCc1cccc([N+](=O)[O-])c1. The van der Waals surface area contributed by atoms with Gasteiger partial charge in [-0.05, 0) is 19.4 Å². The van der Waals surface area contributed by atoms with Crippen molar-refractivity contribution >= 4 is 5.69 Å². The summed E-state index contributed by atoms with van der Waals surface area (Å²) in [7, 11) is 0. The van der Waals surface area contributed by atoms with Crippen LogP contribution in [0.25, 0.3) is 0 Å². The minimum atomic E-state index is -0.391. The molecule has 6 nitrogen and oxygen atoms in total. The summed E-state index contributed by atoms with van der Waals surface area (Å²) in [5, 5.41) is 17.8. The van der Waals surface area contributed by atoms with Crippen LogP contribution >= 0.6 is 0 Å². The number of non-ortho nitro benzene ring substituents is 1. The summed E-state index contributed by atoms with van der Waals surface area (Å²) in [4.78, 5) is 10.3. The fourth-order valence-electron chi connectivity index (χ4n) is 1.87. The Hall–Kier alpha value is -2.21. The monoisotopic (exact) mass is 261 g/mol. The van der Waals surface area contributed by atoms with Crippen LogP contribution in [-0.4, -0.2) is 10.1 Å². The van der Waals surface area contributed by atoms with Gasteiger partial charge in [-0.2, -0.15) is 0 Å². The van der Waals surface area contributed by atoms with Crippen molar-refractivity contribution in [3.63, 3.8) is 0 Å². The Labute approximate surface area is 110 Å². The summed E-state index contributed by atoms with van der Waals surface area (Å²) in [5.74, 6) is 0.795. The lowest BCUT2D eigenvalue weighted by atomic mass is 10.2. The van der Waals surface area contributed by atoms with Crippen molar-refractivity contribution in [3.8, 4) is 0 Å². The lowest BCUT2D eigenvalue weighted by Crippen LogP contribution is -2.13. The van der Waals surface area contributed by atoms with Crippen LogP contribution in [0.3, 0.4) is 0 Å². The molecule has 1 N–H and O–H groups in total. The lowest BCUT2D eigenvalue weighted by Gasteiger charge is -2.04. The molecule has 100 valence electrons. The molecule has 0 spiro atoms. The fourth-order valence-corrected chi connectivity index (χ4v) is 1.87. The zero-order valence-corrected chi connectivity index (χ0v) is 10.8. The molecule has 6 heteroatoms. The number of aryl methyl sites for hydroxylation is 2. The Morgan fingerprint density at radius 2 is 2.16 bits per heavy atom. The van der Waals surface area contributed by atoms with E-state index in [4.69, 9.17) is 4.52 Å². The molecule has 0 atom stereocenters. The van der Waals surface area contributed by atoms with E-state index in [1.54, 1.807) is 12.1 Å². The topological polar surface area (TPSA) is 81.2 Å². The molecule has 1 aromatic carbocycles. The smallest absolute Gasteiger partial charge is 0.269 e. The molecular weight excluding hydrogens is 246 g/mol. The van der Waals surface area contributed by atoms with E-state index in [0.29, 0.717) is 13.1 Å². The van der Waals surface area contributed by atoms with Crippen LogP contribution in [0.2, 0.25) is 0 Å². The minimum absolute atomic E-state index is 0.108. The second-order valence-corrected chi connectivity index (χ2v) is 4.33. The summed E-state index contributed by atoms with van der Waals surface area (Å²) in [6.45, 7) is 4.95. The second kappa shape index (κ2) is 5.62. The number of nitrogens with one attached hydrogen (secondary N) is 1. The van der Waals surface area contributed by atoms with Crippen molar-refractivity contribution < 1.29 is 9.45 Å². The van der Waals surface area contributed by atoms with Crippen LogP contribution in [0.5, 0.6) is 0 Å². The first kappa shape index (κ1) is 13.2. The molecule has 0 aliphatic heterocycles. The molecule has 0 saturated carbocycles. The summed E-state index contributed by atoms with van der Waals surface area (Å²) in [6.07, 6.45) is 0. The minimum Gasteiger partial charge on any atom is -0.361 e. The first-order chi connectivity index (χ1) is 9.08. The third kappa shape index (κ3) is 3.17. The zero-order valence-electron chi connectivity index (χ0n) is 10.8. The molecule has 0 amide bonds. The fraction of sp³-hybridized carbons (Fsp3) is 0.308. The van der Waals surface area contributed by atoms with Crippen LogP contribution < -0.4 is 5.32 Å². The molecule has 0 aliphatic rings. The van der Waals surface area contributed by atoms with Gasteiger partial charge < -0.3 is 9.84 Å². The van der Waals surface area contributed by atoms with Crippen molar-refractivity contribution in [2.75, 3.05) is 0 Å². The van der Waals surface area contributed by atoms with Gasteiger partial charge in [0.1, 0.15) is 5.76 Å². The maximum absolute atomic E-state index is 10.7. The molecule has 2 aromatic rings. The highest BCUT2D eigenvalue weighted by molar-refractivity contribution is 5.34. The Kier molecular flexibility index (Phi) is 3.91. The van der Waals surface area contributed by atoms with Gasteiger partial charge in [0.2, 0.25) is 0 Å². The van der Waals surface area contributed by atoms with E-state index >= 15 is 0 Å². The van der Waals surface area contributed by atoms with Gasteiger partial charge in [0, 0.05) is 30.8 Å². The number of nitro groups is 1. The van der Waals surface area contributed by atoms with Gasteiger partial charge >= 0.3 is 0 Å². The van der Waals surface area contributed by atoms with Gasteiger partial charge in [-0.1, -0.05) is 17.3 Å². The molecule has 0 radical (unpaired) electrons. The molecule has 0 aliphatic carbocycles. The molecule has 19 heavy (non-hydrogen) atoms. The second-order valence-electron chi connectivity index (χ2n) is 4.33. The van der Waals surface area contributed by atoms with Gasteiger partial charge in [0.05, 0.1) is 10.6 Å². The van der Waals surface area contributed by atoms with Crippen LogP contribution in [0.4, 0.5) is 5.69 Å². The Morgan fingerprint density at radius 1 is 1.37 bits per heavy atom. The molecule has 1 aromatic heterocycles. The van der Waals surface area contributed by atoms with Gasteiger partial charge in [0.15, 0.2) is 0 Å². The number of aromatic nitrogens is 1. The number of hydrogen-bond donors (Lipinski definition) is 1. The highest BCUT2D eigenvalue weighted by Gasteiger charge is 2.09. The van der Waals surface area contributed by atoms with E-state index in [9.17, 15) is 10.1 Å². The van der Waals surface area contributed by atoms with Gasteiger partial charge in [-0.25, -0.2) is 0 Å². The molecule has 2 rings (SSSR count). The van der Waals surface area contributed by atoms with Crippen LogP contribution in [0, 0.1) is 24.0 Å². The van der Waals surface area contributed by atoms with Crippen molar-refractivity contribution in [3.05, 3.63) is 57.0 Å². The van der Waals surface area contributed by atoms with E-state index in [-0.39, 0.29) is 5.69 Å². The standard InChI is InChI=1S/C13H15N3O3/c1-9-13(10(2)19-15-9)8-14-7-11-4-3-5-12(6-11)16(17)18/h3-6,14H,7-8H2,1-2H3. The summed E-state index contributed by atoms with van der Waals surface area (Å²) >= 11 is 0. The van der Waals surface area contributed by atoms with E-state index in [0.717, 1.165) is 22.6 Å². The van der Waals surface area contributed by atoms with Gasteiger partial charge in [-0.3, -0.25) is 10.1 Å². The maximum atomic E-state index is 10.7. The lowest BCUT2D eigenvalue weighted by molar-refractivity contribution is -0.384.